The second-order valence-corrected chi connectivity index (χ2v) is 3.30. The molecule has 0 saturated carbocycles. The number of rotatable bonds is 3. The lowest BCUT2D eigenvalue weighted by molar-refractivity contribution is 0.363. The maximum atomic E-state index is 9.87. The van der Waals surface area contributed by atoms with Crippen LogP contribution in [0.5, 0.6) is 5.75 Å². The standard InChI is InChI=1S/C8H5BrClO2/c9-7-5-6(10)1-2-8(7)12-4-3-11/h1-2,5H,4H2. The largest absolute Gasteiger partial charge is 0.484 e. The van der Waals surface area contributed by atoms with Crippen LogP contribution in [0, 0.1) is 0 Å². The molecule has 0 amide bonds. The van der Waals surface area contributed by atoms with Crippen LogP contribution in [0.15, 0.2) is 22.7 Å². The topological polar surface area (TPSA) is 26.3 Å². The summed E-state index contributed by atoms with van der Waals surface area (Å²) < 4.78 is 5.74. The monoisotopic (exact) mass is 247 g/mol. The van der Waals surface area contributed by atoms with Crippen molar-refractivity contribution in [3.63, 3.8) is 0 Å². The molecule has 0 unspecified atom stereocenters. The molecule has 1 rings (SSSR count). The second-order valence-electron chi connectivity index (χ2n) is 2.01. The summed E-state index contributed by atoms with van der Waals surface area (Å²) in [5.74, 6) is 0.586. The quantitative estimate of drug-likeness (QED) is 0.822. The molecule has 1 aromatic carbocycles. The van der Waals surface area contributed by atoms with E-state index < -0.39 is 0 Å². The number of hydrogen-bond donors (Lipinski definition) is 0. The van der Waals surface area contributed by atoms with Crippen molar-refractivity contribution < 1.29 is 9.53 Å². The Labute approximate surface area is 83.6 Å². The van der Waals surface area contributed by atoms with Gasteiger partial charge in [0.2, 0.25) is 6.29 Å². The molecule has 1 aromatic rings. The van der Waals surface area contributed by atoms with Crippen molar-refractivity contribution in [3.05, 3.63) is 27.7 Å². The average molecular weight is 248 g/mol. The zero-order valence-electron chi connectivity index (χ0n) is 6.01. The van der Waals surface area contributed by atoms with E-state index in [1.165, 1.54) is 0 Å². The van der Waals surface area contributed by atoms with Gasteiger partial charge in [0.25, 0.3) is 0 Å². The Morgan fingerprint density at radius 2 is 2.33 bits per heavy atom. The Kier molecular flexibility index (Phi) is 3.56. The zero-order valence-corrected chi connectivity index (χ0v) is 8.35. The highest BCUT2D eigenvalue weighted by molar-refractivity contribution is 9.10. The van der Waals surface area contributed by atoms with Gasteiger partial charge in [-0.05, 0) is 34.1 Å². The second kappa shape index (κ2) is 4.48. The molecule has 0 aliphatic carbocycles. The van der Waals surface area contributed by atoms with Gasteiger partial charge in [0.05, 0.1) is 4.47 Å². The van der Waals surface area contributed by atoms with Crippen LogP contribution in [0.1, 0.15) is 0 Å². The third kappa shape index (κ3) is 2.50. The van der Waals surface area contributed by atoms with Crippen LogP contribution in [0.3, 0.4) is 0 Å². The number of benzene rings is 1. The molecule has 0 N–H and O–H groups in total. The van der Waals surface area contributed by atoms with Gasteiger partial charge in [0.15, 0.2) is 6.61 Å². The van der Waals surface area contributed by atoms with Crippen molar-refractivity contribution in [2.45, 2.75) is 0 Å². The number of ether oxygens (including phenoxy) is 1. The van der Waals surface area contributed by atoms with E-state index >= 15 is 0 Å². The molecule has 63 valence electrons. The van der Waals surface area contributed by atoms with Crippen molar-refractivity contribution in [3.8, 4) is 5.75 Å². The first-order chi connectivity index (χ1) is 5.74. The summed E-state index contributed by atoms with van der Waals surface area (Å²) in [5.41, 5.74) is 0. The van der Waals surface area contributed by atoms with Gasteiger partial charge in [0.1, 0.15) is 5.75 Å². The minimum Gasteiger partial charge on any atom is -0.484 e. The van der Waals surface area contributed by atoms with E-state index in [4.69, 9.17) is 16.3 Å². The molecular weight excluding hydrogens is 243 g/mol. The maximum Gasteiger partial charge on any atom is 0.239 e. The Morgan fingerprint density at radius 3 is 2.92 bits per heavy atom. The summed E-state index contributed by atoms with van der Waals surface area (Å²) in [4.78, 5) is 9.87. The lowest BCUT2D eigenvalue weighted by atomic mass is 10.3. The van der Waals surface area contributed by atoms with Crippen molar-refractivity contribution in [1.82, 2.24) is 0 Å². The molecule has 0 saturated heterocycles. The zero-order chi connectivity index (χ0) is 8.97. The molecule has 4 heteroatoms. The number of carbonyl (C=O) groups excluding carboxylic acids is 1. The van der Waals surface area contributed by atoms with Crippen molar-refractivity contribution in [2.24, 2.45) is 0 Å². The summed E-state index contributed by atoms with van der Waals surface area (Å²) in [6.07, 6.45) is 1.63. The summed E-state index contributed by atoms with van der Waals surface area (Å²) in [6, 6.07) is 5.07. The van der Waals surface area contributed by atoms with Gasteiger partial charge in [-0.15, -0.1) is 0 Å². The molecule has 12 heavy (non-hydrogen) atoms. The molecular formula is C8H5BrClO2. The lowest BCUT2D eigenvalue weighted by Gasteiger charge is -2.03. The summed E-state index contributed by atoms with van der Waals surface area (Å²) in [5, 5.41) is 0.615. The van der Waals surface area contributed by atoms with Crippen molar-refractivity contribution in [1.29, 1.82) is 0 Å². The number of hydrogen-bond acceptors (Lipinski definition) is 2. The minimum atomic E-state index is -0.0692. The predicted octanol–water partition coefficient (Wildman–Crippen LogP) is 2.59. The maximum absolute atomic E-state index is 9.87. The van der Waals surface area contributed by atoms with Gasteiger partial charge in [-0.3, -0.25) is 4.79 Å². The molecule has 2 nitrogen and oxygen atoms in total. The van der Waals surface area contributed by atoms with Crippen LogP contribution in [-0.2, 0) is 4.79 Å². The SMILES string of the molecule is O=[C]COc1ccc(Cl)cc1Br. The highest BCUT2D eigenvalue weighted by atomic mass is 79.9. The molecule has 0 fully saturated rings. The average Bonchev–Trinajstić information content (AvgIpc) is 2.03. The fraction of sp³-hybridized carbons (Fsp3) is 0.125. The summed E-state index contributed by atoms with van der Waals surface area (Å²) in [6.45, 7) is -0.0692. The number of halogens is 2. The first-order valence-electron chi connectivity index (χ1n) is 3.17. The van der Waals surface area contributed by atoms with E-state index in [1.807, 2.05) is 0 Å². The van der Waals surface area contributed by atoms with Gasteiger partial charge < -0.3 is 4.74 Å². The minimum absolute atomic E-state index is 0.0692. The van der Waals surface area contributed by atoms with Crippen molar-refractivity contribution >= 4 is 33.8 Å². The molecule has 0 aliphatic heterocycles. The van der Waals surface area contributed by atoms with E-state index in [-0.39, 0.29) is 6.61 Å². The third-order valence-electron chi connectivity index (χ3n) is 1.18. The highest BCUT2D eigenvalue weighted by Gasteiger charge is 2.00. The first-order valence-corrected chi connectivity index (χ1v) is 4.34. The van der Waals surface area contributed by atoms with Crippen LogP contribution in [0.2, 0.25) is 5.02 Å². The van der Waals surface area contributed by atoms with Gasteiger partial charge in [0, 0.05) is 5.02 Å². The predicted molar refractivity (Wildman–Crippen MR) is 50.3 cm³/mol. The van der Waals surface area contributed by atoms with E-state index in [0.717, 1.165) is 4.47 Å². The summed E-state index contributed by atoms with van der Waals surface area (Å²) in [7, 11) is 0. The van der Waals surface area contributed by atoms with E-state index in [9.17, 15) is 4.79 Å². The van der Waals surface area contributed by atoms with E-state index in [1.54, 1.807) is 24.5 Å². The Hall–Kier alpha value is -0.540. The van der Waals surface area contributed by atoms with Gasteiger partial charge >= 0.3 is 0 Å². The Morgan fingerprint density at radius 1 is 1.58 bits per heavy atom. The van der Waals surface area contributed by atoms with Crippen LogP contribution in [-0.4, -0.2) is 12.9 Å². The Balaban J connectivity index is 2.78. The molecule has 0 aromatic heterocycles. The normalized spacial score (nSPS) is 9.50. The summed E-state index contributed by atoms with van der Waals surface area (Å²) >= 11 is 8.93. The molecule has 0 aliphatic rings. The highest BCUT2D eigenvalue weighted by Crippen LogP contribution is 2.27. The smallest absolute Gasteiger partial charge is 0.239 e. The van der Waals surface area contributed by atoms with Gasteiger partial charge in [-0.1, -0.05) is 11.6 Å². The van der Waals surface area contributed by atoms with Crippen LogP contribution in [0.4, 0.5) is 0 Å². The Bertz CT molecular complexity index is 288. The van der Waals surface area contributed by atoms with Gasteiger partial charge in [-0.25, -0.2) is 0 Å². The van der Waals surface area contributed by atoms with E-state index in [2.05, 4.69) is 15.9 Å². The van der Waals surface area contributed by atoms with Crippen LogP contribution >= 0.6 is 27.5 Å². The molecule has 0 heterocycles. The van der Waals surface area contributed by atoms with Crippen molar-refractivity contribution in [2.75, 3.05) is 6.61 Å². The van der Waals surface area contributed by atoms with Crippen LogP contribution in [0.25, 0.3) is 0 Å². The van der Waals surface area contributed by atoms with Gasteiger partial charge in [-0.2, -0.15) is 0 Å². The van der Waals surface area contributed by atoms with Crippen LogP contribution < -0.4 is 4.74 Å². The molecule has 0 atom stereocenters. The molecule has 0 spiro atoms. The molecule has 0 bridgehead atoms. The first kappa shape index (κ1) is 9.55. The molecule has 1 radical (unpaired) electrons. The fourth-order valence-electron chi connectivity index (χ4n) is 0.699. The third-order valence-corrected chi connectivity index (χ3v) is 2.04. The van der Waals surface area contributed by atoms with E-state index in [0.29, 0.717) is 10.8 Å². The fourth-order valence-corrected chi connectivity index (χ4v) is 1.50. The lowest BCUT2D eigenvalue weighted by Crippen LogP contribution is -1.97.